The van der Waals surface area contributed by atoms with Crippen LogP contribution >= 0.6 is 15.9 Å². The third-order valence-corrected chi connectivity index (χ3v) is 6.56. The smallest absolute Gasteiger partial charge is 0.165 e. The standard InChI is InChI=1S/C24H23BrN6O/c1-14(16-4-2-3-5-18(16)25)17-10-20(31-24-22(17)23(26)29-13-30-24)15-6-7-19(28-11-15)21-12-27-8-9-32-21/h2-7,10-11,13-14,21,27H,8-9,12H2,1H3,(H2,26,29,30,31). The monoisotopic (exact) mass is 490 g/mol. The predicted molar refractivity (Wildman–Crippen MR) is 128 cm³/mol. The molecule has 3 aromatic heterocycles. The highest BCUT2D eigenvalue weighted by Crippen LogP contribution is 2.37. The first-order chi connectivity index (χ1) is 15.6. The minimum absolute atomic E-state index is 0.0269. The third-order valence-electron chi connectivity index (χ3n) is 5.84. The van der Waals surface area contributed by atoms with Gasteiger partial charge in [0.25, 0.3) is 0 Å². The Bertz CT molecular complexity index is 1260. The molecule has 32 heavy (non-hydrogen) atoms. The van der Waals surface area contributed by atoms with Gasteiger partial charge in [0.05, 0.1) is 23.4 Å². The summed E-state index contributed by atoms with van der Waals surface area (Å²) < 4.78 is 6.86. The van der Waals surface area contributed by atoms with E-state index >= 15 is 0 Å². The van der Waals surface area contributed by atoms with E-state index < -0.39 is 0 Å². The SMILES string of the molecule is CC(c1ccccc1Br)c1cc(-c2ccc(C3CNCCO3)nc2)nc2ncnc(N)c12. The molecule has 0 aliphatic carbocycles. The molecule has 1 fully saturated rings. The highest BCUT2D eigenvalue weighted by Gasteiger charge is 2.21. The summed E-state index contributed by atoms with van der Waals surface area (Å²) in [4.78, 5) is 18.1. The Morgan fingerprint density at radius 2 is 2.00 bits per heavy atom. The van der Waals surface area contributed by atoms with E-state index in [1.54, 1.807) is 0 Å². The molecule has 1 aliphatic heterocycles. The Kier molecular flexibility index (Phi) is 5.82. The molecule has 2 atom stereocenters. The first-order valence-electron chi connectivity index (χ1n) is 10.6. The van der Waals surface area contributed by atoms with Gasteiger partial charge in [-0.25, -0.2) is 15.0 Å². The Morgan fingerprint density at radius 3 is 2.75 bits per heavy atom. The molecule has 8 heteroatoms. The fourth-order valence-electron chi connectivity index (χ4n) is 4.10. The number of hydrogen-bond acceptors (Lipinski definition) is 7. The summed E-state index contributed by atoms with van der Waals surface area (Å²) in [5, 5.41) is 4.12. The molecule has 3 N–H and O–H groups in total. The van der Waals surface area contributed by atoms with Crippen molar-refractivity contribution < 1.29 is 4.74 Å². The van der Waals surface area contributed by atoms with E-state index in [0.717, 1.165) is 51.0 Å². The average Bonchev–Trinajstić information content (AvgIpc) is 2.84. The fraction of sp³-hybridized carbons (Fsp3) is 0.250. The van der Waals surface area contributed by atoms with Crippen molar-refractivity contribution >= 4 is 32.8 Å². The molecule has 0 amide bonds. The summed E-state index contributed by atoms with van der Waals surface area (Å²) >= 11 is 3.68. The quantitative estimate of drug-likeness (QED) is 0.441. The number of hydrogen-bond donors (Lipinski definition) is 2. The lowest BCUT2D eigenvalue weighted by molar-refractivity contribution is 0.0250. The Balaban J connectivity index is 1.60. The maximum Gasteiger partial charge on any atom is 0.165 e. The van der Waals surface area contributed by atoms with Crippen molar-refractivity contribution in [1.82, 2.24) is 25.3 Å². The van der Waals surface area contributed by atoms with Gasteiger partial charge in [-0.1, -0.05) is 41.1 Å². The predicted octanol–water partition coefficient (Wildman–Crippen LogP) is 4.24. The molecule has 1 aromatic carbocycles. The first kappa shape index (κ1) is 20.9. The van der Waals surface area contributed by atoms with Gasteiger partial charge in [-0.3, -0.25) is 4.98 Å². The van der Waals surface area contributed by atoms with Crippen LogP contribution in [0, 0.1) is 0 Å². The van der Waals surface area contributed by atoms with Gasteiger partial charge in [0.2, 0.25) is 0 Å². The lowest BCUT2D eigenvalue weighted by atomic mass is 9.90. The maximum atomic E-state index is 6.27. The molecule has 0 spiro atoms. The van der Waals surface area contributed by atoms with Crippen molar-refractivity contribution in [2.45, 2.75) is 18.9 Å². The molecule has 5 rings (SSSR count). The number of rotatable bonds is 4. The number of anilines is 1. The van der Waals surface area contributed by atoms with Gasteiger partial charge < -0.3 is 15.8 Å². The number of halogens is 1. The fourth-order valence-corrected chi connectivity index (χ4v) is 4.73. The average molecular weight is 491 g/mol. The molecular weight excluding hydrogens is 468 g/mol. The van der Waals surface area contributed by atoms with Crippen molar-refractivity contribution in [3.8, 4) is 11.3 Å². The summed E-state index contributed by atoms with van der Waals surface area (Å²) in [6, 6.07) is 14.3. The maximum absolute atomic E-state index is 6.27. The third kappa shape index (κ3) is 3.97. The minimum Gasteiger partial charge on any atom is -0.383 e. The van der Waals surface area contributed by atoms with E-state index in [-0.39, 0.29) is 12.0 Å². The van der Waals surface area contributed by atoms with Crippen LogP contribution in [0.2, 0.25) is 0 Å². The second-order valence-electron chi connectivity index (χ2n) is 7.83. The Labute approximate surface area is 194 Å². The number of nitrogens with one attached hydrogen (secondary N) is 1. The summed E-state index contributed by atoms with van der Waals surface area (Å²) in [5.74, 6) is 0.482. The zero-order valence-electron chi connectivity index (χ0n) is 17.6. The van der Waals surface area contributed by atoms with Crippen LogP contribution in [0.15, 0.2) is 59.5 Å². The molecular formula is C24H23BrN6O. The van der Waals surface area contributed by atoms with Crippen molar-refractivity contribution in [3.63, 3.8) is 0 Å². The lowest BCUT2D eigenvalue weighted by Crippen LogP contribution is -2.33. The van der Waals surface area contributed by atoms with Gasteiger partial charge in [0, 0.05) is 35.2 Å². The number of morpholine rings is 1. The molecule has 0 bridgehead atoms. The Morgan fingerprint density at radius 1 is 1.12 bits per heavy atom. The number of ether oxygens (including phenoxy) is 1. The van der Waals surface area contributed by atoms with Crippen LogP contribution in [-0.4, -0.2) is 39.6 Å². The van der Waals surface area contributed by atoms with Crippen molar-refractivity contribution in [2.75, 3.05) is 25.4 Å². The number of benzene rings is 1. The van der Waals surface area contributed by atoms with Crippen molar-refractivity contribution in [2.24, 2.45) is 0 Å². The van der Waals surface area contributed by atoms with Gasteiger partial charge in [-0.2, -0.15) is 0 Å². The number of nitrogens with two attached hydrogens (primary N) is 1. The van der Waals surface area contributed by atoms with Crippen molar-refractivity contribution in [1.29, 1.82) is 0 Å². The van der Waals surface area contributed by atoms with Gasteiger partial charge in [-0.15, -0.1) is 0 Å². The zero-order chi connectivity index (χ0) is 22.1. The van der Waals surface area contributed by atoms with Crippen LogP contribution in [-0.2, 0) is 4.74 Å². The summed E-state index contributed by atoms with van der Waals surface area (Å²) in [5.41, 5.74) is 11.7. The largest absolute Gasteiger partial charge is 0.383 e. The number of nitrogens with zero attached hydrogens (tertiary/aromatic N) is 4. The van der Waals surface area contributed by atoms with E-state index in [1.807, 2.05) is 36.5 Å². The van der Waals surface area contributed by atoms with Gasteiger partial charge in [0.1, 0.15) is 18.2 Å². The van der Waals surface area contributed by atoms with Crippen LogP contribution in [0.5, 0.6) is 0 Å². The number of aromatic nitrogens is 4. The molecule has 2 unspecified atom stereocenters. The molecule has 0 saturated carbocycles. The highest BCUT2D eigenvalue weighted by atomic mass is 79.9. The first-order valence-corrected chi connectivity index (χ1v) is 11.4. The molecule has 7 nitrogen and oxygen atoms in total. The highest BCUT2D eigenvalue weighted by molar-refractivity contribution is 9.10. The topological polar surface area (TPSA) is 98.8 Å². The summed E-state index contributed by atoms with van der Waals surface area (Å²) in [7, 11) is 0. The molecule has 4 heterocycles. The molecule has 1 aliphatic rings. The second kappa shape index (κ2) is 8.90. The van der Waals surface area contributed by atoms with E-state index in [4.69, 9.17) is 15.5 Å². The van der Waals surface area contributed by atoms with E-state index in [0.29, 0.717) is 18.1 Å². The zero-order valence-corrected chi connectivity index (χ0v) is 19.2. The van der Waals surface area contributed by atoms with Gasteiger partial charge in [-0.05, 0) is 35.4 Å². The van der Waals surface area contributed by atoms with Crippen LogP contribution in [0.25, 0.3) is 22.3 Å². The van der Waals surface area contributed by atoms with Crippen LogP contribution in [0.4, 0.5) is 5.82 Å². The van der Waals surface area contributed by atoms with Gasteiger partial charge in [0.15, 0.2) is 5.65 Å². The van der Waals surface area contributed by atoms with E-state index in [9.17, 15) is 0 Å². The Hall–Kier alpha value is -2.94. The normalized spacial score (nSPS) is 17.4. The number of nitrogen functional groups attached to an aromatic ring is 1. The summed E-state index contributed by atoms with van der Waals surface area (Å²) in [6.07, 6.45) is 3.27. The lowest BCUT2D eigenvalue weighted by Gasteiger charge is -2.23. The van der Waals surface area contributed by atoms with Crippen LogP contribution in [0.3, 0.4) is 0 Å². The van der Waals surface area contributed by atoms with E-state index in [1.165, 1.54) is 6.33 Å². The molecule has 4 aromatic rings. The molecule has 0 radical (unpaired) electrons. The van der Waals surface area contributed by atoms with Crippen LogP contribution < -0.4 is 11.1 Å². The van der Waals surface area contributed by atoms with Crippen molar-refractivity contribution in [3.05, 3.63) is 76.3 Å². The molecule has 1 saturated heterocycles. The van der Waals surface area contributed by atoms with Crippen LogP contribution in [0.1, 0.15) is 35.8 Å². The number of fused-ring (bicyclic) bond motifs is 1. The number of pyridine rings is 2. The summed E-state index contributed by atoms with van der Waals surface area (Å²) in [6.45, 7) is 4.49. The van der Waals surface area contributed by atoms with E-state index in [2.05, 4.69) is 55.3 Å². The second-order valence-corrected chi connectivity index (χ2v) is 8.69. The minimum atomic E-state index is -0.0269. The molecule has 162 valence electrons. The van der Waals surface area contributed by atoms with Gasteiger partial charge >= 0.3 is 0 Å².